The Morgan fingerprint density at radius 2 is 1.90 bits per heavy atom. The third kappa shape index (κ3) is 6.23. The highest BCUT2D eigenvalue weighted by Crippen LogP contribution is 2.15. The van der Waals surface area contributed by atoms with Crippen LogP contribution < -0.4 is 10.6 Å². The Morgan fingerprint density at radius 1 is 1.10 bits per heavy atom. The third-order valence-corrected chi connectivity index (χ3v) is 4.82. The molecule has 2 N–H and O–H groups in total. The van der Waals surface area contributed by atoms with E-state index in [1.165, 1.54) is 9.77 Å². The maximum Gasteiger partial charge on any atom is 0.191 e. The first-order valence-corrected chi connectivity index (χ1v) is 8.90. The molecule has 112 valence electrons. The molecule has 0 saturated heterocycles. The van der Waals surface area contributed by atoms with Gasteiger partial charge in [0.1, 0.15) is 0 Å². The van der Waals surface area contributed by atoms with Crippen molar-refractivity contribution < 1.29 is 0 Å². The molecule has 2 aromatic rings. The fraction of sp³-hybridized carbons (Fsp3) is 0.312. The summed E-state index contributed by atoms with van der Waals surface area (Å²) in [6.07, 6.45) is 1.04. The van der Waals surface area contributed by atoms with Crippen LogP contribution in [0.15, 0.2) is 57.7 Å². The first kappa shape index (κ1) is 15.9. The van der Waals surface area contributed by atoms with E-state index in [-0.39, 0.29) is 0 Å². The normalized spacial score (nSPS) is 11.4. The van der Waals surface area contributed by atoms with Crippen LogP contribution in [-0.4, -0.2) is 31.8 Å². The summed E-state index contributed by atoms with van der Waals surface area (Å²) >= 11 is 3.65. The first-order valence-electron chi connectivity index (χ1n) is 7.03. The van der Waals surface area contributed by atoms with Crippen LogP contribution >= 0.6 is 23.1 Å². The molecule has 3 nitrogen and oxygen atoms in total. The van der Waals surface area contributed by atoms with Gasteiger partial charge >= 0.3 is 0 Å². The molecule has 2 rings (SSSR count). The Morgan fingerprint density at radius 3 is 2.62 bits per heavy atom. The van der Waals surface area contributed by atoms with Crippen LogP contribution in [0.5, 0.6) is 0 Å². The highest BCUT2D eigenvalue weighted by molar-refractivity contribution is 7.99. The number of rotatable bonds is 7. The molecular formula is C16H21N3S2. The smallest absolute Gasteiger partial charge is 0.191 e. The van der Waals surface area contributed by atoms with Gasteiger partial charge in [0.2, 0.25) is 0 Å². The molecule has 1 heterocycles. The summed E-state index contributed by atoms with van der Waals surface area (Å²) in [5.41, 5.74) is 0. The lowest BCUT2D eigenvalue weighted by molar-refractivity contribution is 0.818. The zero-order chi connectivity index (χ0) is 14.8. The lowest BCUT2D eigenvalue weighted by Crippen LogP contribution is -2.39. The number of hydrogen-bond donors (Lipinski definition) is 2. The first-order chi connectivity index (χ1) is 10.4. The van der Waals surface area contributed by atoms with E-state index in [0.29, 0.717) is 0 Å². The zero-order valence-corrected chi connectivity index (χ0v) is 13.8. The number of hydrogen-bond acceptors (Lipinski definition) is 3. The van der Waals surface area contributed by atoms with Crippen molar-refractivity contribution in [1.29, 1.82) is 0 Å². The van der Waals surface area contributed by atoms with Gasteiger partial charge in [-0.3, -0.25) is 4.99 Å². The van der Waals surface area contributed by atoms with Crippen molar-refractivity contribution in [2.45, 2.75) is 11.3 Å². The molecule has 0 atom stereocenters. The molecule has 0 aliphatic rings. The maximum absolute atomic E-state index is 4.24. The predicted octanol–water partition coefficient (Wildman–Crippen LogP) is 3.25. The van der Waals surface area contributed by atoms with Crippen molar-refractivity contribution in [2.75, 3.05) is 25.9 Å². The lowest BCUT2D eigenvalue weighted by atomic mass is 10.3. The summed E-state index contributed by atoms with van der Waals surface area (Å²) in [6.45, 7) is 1.81. The van der Waals surface area contributed by atoms with E-state index in [4.69, 9.17) is 0 Å². The fourth-order valence-electron chi connectivity index (χ4n) is 1.83. The Labute approximate surface area is 134 Å². The molecule has 5 heteroatoms. The van der Waals surface area contributed by atoms with Crippen molar-refractivity contribution in [2.24, 2.45) is 4.99 Å². The SMILES string of the molecule is CN=C(NCCSc1ccccc1)NCCc1cccs1. The van der Waals surface area contributed by atoms with Crippen LogP contribution in [0.4, 0.5) is 0 Å². The van der Waals surface area contributed by atoms with Gasteiger partial charge in [-0.25, -0.2) is 0 Å². The minimum atomic E-state index is 0.875. The van der Waals surface area contributed by atoms with Crippen LogP contribution in [0.3, 0.4) is 0 Å². The molecule has 0 aliphatic heterocycles. The topological polar surface area (TPSA) is 36.4 Å². The second kappa shape index (κ2) is 9.47. The van der Waals surface area contributed by atoms with E-state index in [9.17, 15) is 0 Å². The number of benzene rings is 1. The zero-order valence-electron chi connectivity index (χ0n) is 12.2. The Kier molecular flexibility index (Phi) is 7.18. The van der Waals surface area contributed by atoms with E-state index in [1.807, 2.05) is 24.9 Å². The molecular weight excluding hydrogens is 298 g/mol. The number of thiophene rings is 1. The largest absolute Gasteiger partial charge is 0.356 e. The molecule has 0 amide bonds. The molecule has 0 unspecified atom stereocenters. The molecule has 0 saturated carbocycles. The van der Waals surface area contributed by atoms with E-state index < -0.39 is 0 Å². The molecule has 0 bridgehead atoms. The summed E-state index contributed by atoms with van der Waals surface area (Å²) < 4.78 is 0. The summed E-state index contributed by atoms with van der Waals surface area (Å²) in [5.74, 6) is 1.90. The highest BCUT2D eigenvalue weighted by Gasteiger charge is 1.98. The lowest BCUT2D eigenvalue weighted by Gasteiger charge is -2.11. The number of aliphatic imine (C=N–C) groups is 1. The van der Waals surface area contributed by atoms with Crippen molar-refractivity contribution in [3.63, 3.8) is 0 Å². The van der Waals surface area contributed by atoms with Gasteiger partial charge in [-0.2, -0.15) is 0 Å². The second-order valence-electron chi connectivity index (χ2n) is 4.42. The molecule has 1 aromatic heterocycles. The fourth-order valence-corrected chi connectivity index (χ4v) is 3.33. The van der Waals surface area contributed by atoms with Crippen molar-refractivity contribution in [3.05, 3.63) is 52.7 Å². The number of nitrogens with one attached hydrogen (secondary N) is 2. The Balaban J connectivity index is 1.59. The average molecular weight is 319 g/mol. The Bertz CT molecular complexity index is 524. The van der Waals surface area contributed by atoms with Crippen LogP contribution in [0.1, 0.15) is 4.88 Å². The van der Waals surface area contributed by atoms with E-state index in [2.05, 4.69) is 57.4 Å². The van der Waals surface area contributed by atoms with Gasteiger partial charge in [0.05, 0.1) is 0 Å². The summed E-state index contributed by atoms with van der Waals surface area (Å²) in [6, 6.07) is 14.7. The highest BCUT2D eigenvalue weighted by atomic mass is 32.2. The maximum atomic E-state index is 4.24. The molecule has 21 heavy (non-hydrogen) atoms. The molecule has 0 fully saturated rings. The summed E-state index contributed by atoms with van der Waals surface area (Å²) in [7, 11) is 1.81. The minimum Gasteiger partial charge on any atom is -0.356 e. The summed E-state index contributed by atoms with van der Waals surface area (Å²) in [4.78, 5) is 6.95. The second-order valence-corrected chi connectivity index (χ2v) is 6.62. The van der Waals surface area contributed by atoms with Gasteiger partial charge in [-0.15, -0.1) is 23.1 Å². The quantitative estimate of drug-likeness (QED) is 0.356. The van der Waals surface area contributed by atoms with Gasteiger partial charge in [0.15, 0.2) is 5.96 Å². The van der Waals surface area contributed by atoms with Crippen LogP contribution in [0, 0.1) is 0 Å². The predicted molar refractivity (Wildman–Crippen MR) is 94.6 cm³/mol. The van der Waals surface area contributed by atoms with Crippen molar-refractivity contribution >= 4 is 29.1 Å². The van der Waals surface area contributed by atoms with Crippen molar-refractivity contribution in [3.8, 4) is 0 Å². The van der Waals surface area contributed by atoms with Gasteiger partial charge in [-0.1, -0.05) is 24.3 Å². The third-order valence-electron chi connectivity index (χ3n) is 2.87. The molecule has 1 aromatic carbocycles. The van der Waals surface area contributed by atoms with Crippen LogP contribution in [0.25, 0.3) is 0 Å². The summed E-state index contributed by atoms with van der Waals surface area (Å²) in [5, 5.41) is 8.80. The van der Waals surface area contributed by atoms with E-state index in [0.717, 1.165) is 31.2 Å². The number of guanidine groups is 1. The number of thioether (sulfide) groups is 1. The van der Waals surface area contributed by atoms with E-state index >= 15 is 0 Å². The van der Waals surface area contributed by atoms with Gasteiger partial charge in [0, 0.05) is 35.7 Å². The van der Waals surface area contributed by atoms with E-state index in [1.54, 1.807) is 11.3 Å². The van der Waals surface area contributed by atoms with Gasteiger partial charge in [-0.05, 0) is 30.0 Å². The van der Waals surface area contributed by atoms with Gasteiger partial charge in [0.25, 0.3) is 0 Å². The molecule has 0 spiro atoms. The molecule has 0 aliphatic carbocycles. The number of nitrogens with zero attached hydrogens (tertiary/aromatic N) is 1. The minimum absolute atomic E-state index is 0.875. The van der Waals surface area contributed by atoms with Crippen LogP contribution in [-0.2, 0) is 6.42 Å². The standard InChI is InChI=1S/C16H21N3S2/c1-17-16(18-10-9-15-8-5-12-20-15)19-11-13-21-14-6-3-2-4-7-14/h2-8,12H,9-11,13H2,1H3,(H2,17,18,19). The average Bonchev–Trinajstić information content (AvgIpc) is 3.04. The van der Waals surface area contributed by atoms with Crippen LogP contribution in [0.2, 0.25) is 0 Å². The van der Waals surface area contributed by atoms with Crippen molar-refractivity contribution in [1.82, 2.24) is 10.6 Å². The monoisotopic (exact) mass is 319 g/mol. The Hall–Kier alpha value is -1.46. The van der Waals surface area contributed by atoms with Gasteiger partial charge < -0.3 is 10.6 Å². The molecule has 0 radical (unpaired) electrons.